The van der Waals surface area contributed by atoms with Gasteiger partial charge in [-0.3, -0.25) is 18.6 Å². The summed E-state index contributed by atoms with van der Waals surface area (Å²) in [7, 11) is 1.44. The van der Waals surface area contributed by atoms with Gasteiger partial charge in [0.05, 0.1) is 27.7 Å². The lowest BCUT2D eigenvalue weighted by atomic mass is 10.1. The summed E-state index contributed by atoms with van der Waals surface area (Å²) in [6, 6.07) is 0. The Morgan fingerprint density at radius 2 is 0.687 bits per heavy atom. The lowest BCUT2D eigenvalue weighted by Gasteiger charge is -2.24. The Kier molecular flexibility index (Phi) is 58.9. The number of carbonyl (C=O) groups is 2. The number of carbonyl (C=O) groups excluding carboxylic acids is 2. The van der Waals surface area contributed by atoms with Gasteiger partial charge in [-0.2, -0.15) is 0 Å². The van der Waals surface area contributed by atoms with E-state index in [2.05, 4.69) is 172 Å². The molecule has 0 aliphatic heterocycles. The average Bonchev–Trinajstić information content (AvgIpc) is 3.48. The third-order valence-corrected chi connectivity index (χ3v) is 14.3. The van der Waals surface area contributed by atoms with Crippen molar-refractivity contribution in [1.82, 2.24) is 0 Å². The molecule has 0 radical (unpaired) electrons. The summed E-state index contributed by atoms with van der Waals surface area (Å²) in [5, 5.41) is 0. The number of hydrogen-bond acceptors (Lipinski definition) is 7. The molecule has 0 saturated carbocycles. The molecule has 2 unspecified atom stereocenters. The van der Waals surface area contributed by atoms with Gasteiger partial charge in [0.2, 0.25) is 0 Å². The maximum atomic E-state index is 12.8. The van der Waals surface area contributed by atoms with Gasteiger partial charge in [-0.05, 0) is 128 Å². The van der Waals surface area contributed by atoms with E-state index < -0.39 is 26.5 Å². The second-order valence-corrected chi connectivity index (χ2v) is 23.9. The van der Waals surface area contributed by atoms with E-state index in [1.807, 2.05) is 21.1 Å². The molecule has 2 atom stereocenters. The molecule has 10 heteroatoms. The smallest absolute Gasteiger partial charge is 0.462 e. The van der Waals surface area contributed by atoms with Crippen LogP contribution < -0.4 is 0 Å². The number of nitrogens with zero attached hydrogens (tertiary/aromatic N) is 1. The summed E-state index contributed by atoms with van der Waals surface area (Å²) >= 11 is 0. The van der Waals surface area contributed by atoms with Crippen LogP contribution in [-0.2, 0) is 32.7 Å². The molecule has 0 aliphatic rings. The Hall–Kier alpha value is -4.37. The van der Waals surface area contributed by atoms with Gasteiger partial charge in [-0.25, -0.2) is 4.57 Å². The van der Waals surface area contributed by atoms with E-state index in [9.17, 15) is 19.0 Å². The van der Waals surface area contributed by atoms with Gasteiger partial charge in [0.15, 0.2) is 6.10 Å². The zero-order chi connectivity index (χ0) is 60.5. The molecule has 0 aliphatic carbocycles. The van der Waals surface area contributed by atoms with Gasteiger partial charge >= 0.3 is 19.8 Å². The highest BCUT2D eigenvalue weighted by Crippen LogP contribution is 2.43. The number of esters is 2. The van der Waals surface area contributed by atoms with E-state index in [0.29, 0.717) is 17.4 Å². The second kappa shape index (κ2) is 62.2. The van der Waals surface area contributed by atoms with Crippen molar-refractivity contribution in [2.45, 2.75) is 245 Å². The quantitative estimate of drug-likeness (QED) is 0.0211. The summed E-state index contributed by atoms with van der Waals surface area (Å²) in [6.07, 6.45) is 93.3. The molecular formula is C73H121NO8P+. The van der Waals surface area contributed by atoms with E-state index in [1.54, 1.807) is 0 Å². The number of rotatable bonds is 58. The minimum atomic E-state index is -4.40. The van der Waals surface area contributed by atoms with E-state index in [4.69, 9.17) is 18.5 Å². The molecule has 0 bridgehead atoms. The molecule has 0 spiro atoms. The fraction of sp³-hybridized carbons (Fsp3) is 0.616. The van der Waals surface area contributed by atoms with Crippen LogP contribution in [0.5, 0.6) is 0 Å². The number of quaternary nitrogens is 1. The summed E-state index contributed by atoms with van der Waals surface area (Å²) in [5.41, 5.74) is 0. The SMILES string of the molecule is CC/C=C\C/C=C\C/C=C\C/C=C\C/C=C\C/C=C\C/C=C\C/C=C\C/C=C\C/C=C\C/C=C\CCCCCCCCCC(=O)OC(COC(=O)CCCCCCCCC/C=C\C/C=C\CCCCCC)COP(=O)(O)OCC[N+](C)(C)C. The van der Waals surface area contributed by atoms with Crippen LogP contribution >= 0.6 is 7.82 Å². The predicted molar refractivity (Wildman–Crippen MR) is 357 cm³/mol. The predicted octanol–water partition coefficient (Wildman–Crippen LogP) is 21.2. The van der Waals surface area contributed by atoms with Gasteiger partial charge in [-0.1, -0.05) is 255 Å². The molecule has 0 aromatic heterocycles. The van der Waals surface area contributed by atoms with Crippen LogP contribution in [0.4, 0.5) is 0 Å². The minimum absolute atomic E-state index is 0.0201. The van der Waals surface area contributed by atoms with Gasteiger partial charge in [0.1, 0.15) is 19.8 Å². The molecule has 470 valence electrons. The molecule has 0 saturated heterocycles. The molecule has 0 amide bonds. The van der Waals surface area contributed by atoms with Gasteiger partial charge in [0, 0.05) is 12.8 Å². The highest BCUT2D eigenvalue weighted by molar-refractivity contribution is 7.47. The number of hydrogen-bond donors (Lipinski definition) is 1. The van der Waals surface area contributed by atoms with Crippen molar-refractivity contribution in [1.29, 1.82) is 0 Å². The van der Waals surface area contributed by atoms with E-state index in [0.717, 1.165) is 135 Å². The van der Waals surface area contributed by atoms with Gasteiger partial charge in [-0.15, -0.1) is 0 Å². The third kappa shape index (κ3) is 66.6. The van der Waals surface area contributed by atoms with Crippen molar-refractivity contribution < 1.29 is 42.1 Å². The zero-order valence-electron chi connectivity index (χ0n) is 53.4. The van der Waals surface area contributed by atoms with Gasteiger partial charge in [0.25, 0.3) is 0 Å². The first kappa shape index (κ1) is 78.6. The first-order chi connectivity index (χ1) is 40.5. The van der Waals surface area contributed by atoms with E-state index in [1.165, 1.54) is 70.6 Å². The van der Waals surface area contributed by atoms with Crippen LogP contribution in [0.3, 0.4) is 0 Å². The van der Waals surface area contributed by atoms with Crippen LogP contribution in [0.2, 0.25) is 0 Å². The van der Waals surface area contributed by atoms with E-state index in [-0.39, 0.29) is 32.0 Å². The Morgan fingerprint density at radius 1 is 0.386 bits per heavy atom. The van der Waals surface area contributed by atoms with Crippen LogP contribution in [0, 0.1) is 0 Å². The van der Waals surface area contributed by atoms with Crippen molar-refractivity contribution in [2.24, 2.45) is 0 Å². The standard InChI is InChI=1S/C73H120NO8P/c1-6-8-10-12-14-16-18-20-22-24-26-27-28-29-30-31-32-33-34-35-36-37-38-39-40-41-42-43-44-45-46-47-48-50-52-54-56-58-60-62-64-66-73(76)82-71(70-81-83(77,78)80-68-67-74(3,4)5)69-79-72(75)65-63-61-59-57-55-53-51-49-25-23-21-19-17-15-13-11-9-7-2/h8,10,14,16-17,19-20,22-23,25-27,29-30,32-33,35-36,38-39,41-42,44-45,47-48,71H,6-7,9,11-13,15,18,21,24,28,31,34,37,40,43,46,49-70H2,1-5H3/p+1/b10-8-,16-14-,19-17-,22-20-,25-23-,27-26-,30-29-,33-32-,36-35-,39-38-,42-41-,45-44-,48-47-. The first-order valence-electron chi connectivity index (χ1n) is 32.7. The zero-order valence-corrected chi connectivity index (χ0v) is 54.3. The first-order valence-corrected chi connectivity index (χ1v) is 34.2. The van der Waals surface area contributed by atoms with Crippen molar-refractivity contribution in [3.8, 4) is 0 Å². The molecule has 0 aromatic carbocycles. The number of ether oxygens (including phenoxy) is 2. The number of unbranched alkanes of at least 4 members (excludes halogenated alkanes) is 18. The molecule has 83 heavy (non-hydrogen) atoms. The van der Waals surface area contributed by atoms with Crippen LogP contribution in [0.25, 0.3) is 0 Å². The lowest BCUT2D eigenvalue weighted by molar-refractivity contribution is -0.870. The highest BCUT2D eigenvalue weighted by atomic mass is 31.2. The summed E-state index contributed by atoms with van der Waals surface area (Å²) in [5.74, 6) is -0.828. The molecule has 1 N–H and O–H groups in total. The molecule has 0 rings (SSSR count). The van der Waals surface area contributed by atoms with Crippen LogP contribution in [-0.4, -0.2) is 74.9 Å². The second-order valence-electron chi connectivity index (χ2n) is 22.4. The summed E-state index contributed by atoms with van der Waals surface area (Å²) in [4.78, 5) is 35.7. The lowest BCUT2D eigenvalue weighted by Crippen LogP contribution is -2.37. The maximum Gasteiger partial charge on any atom is 0.472 e. The fourth-order valence-corrected chi connectivity index (χ4v) is 9.03. The van der Waals surface area contributed by atoms with Crippen molar-refractivity contribution in [2.75, 3.05) is 47.5 Å². The van der Waals surface area contributed by atoms with Crippen molar-refractivity contribution in [3.63, 3.8) is 0 Å². The Labute approximate surface area is 509 Å². The molecule has 0 fully saturated rings. The fourth-order valence-electron chi connectivity index (χ4n) is 8.28. The van der Waals surface area contributed by atoms with Crippen molar-refractivity contribution in [3.05, 3.63) is 158 Å². The number of likely N-dealkylation sites (N-methyl/N-ethyl adjacent to an activating group) is 1. The van der Waals surface area contributed by atoms with Crippen molar-refractivity contribution >= 4 is 19.8 Å². The van der Waals surface area contributed by atoms with Crippen LogP contribution in [0.1, 0.15) is 239 Å². The molecule has 0 aromatic rings. The summed E-state index contributed by atoms with van der Waals surface area (Å²) < 4.78 is 34.6. The topological polar surface area (TPSA) is 108 Å². The Balaban J connectivity index is 4.15. The normalized spacial score (nSPS) is 14.2. The minimum Gasteiger partial charge on any atom is -0.462 e. The third-order valence-electron chi connectivity index (χ3n) is 13.3. The summed E-state index contributed by atoms with van der Waals surface area (Å²) in [6.45, 7) is 4.26. The Morgan fingerprint density at radius 3 is 1.02 bits per heavy atom. The average molecular weight is 1170 g/mol. The maximum absolute atomic E-state index is 12.8. The monoisotopic (exact) mass is 1170 g/mol. The molecular weight excluding hydrogens is 1050 g/mol. The van der Waals surface area contributed by atoms with E-state index >= 15 is 0 Å². The van der Waals surface area contributed by atoms with Gasteiger partial charge < -0.3 is 18.9 Å². The largest absolute Gasteiger partial charge is 0.472 e. The molecule has 0 heterocycles. The number of phosphoric acid groups is 1. The number of phosphoric ester groups is 1. The highest BCUT2D eigenvalue weighted by Gasteiger charge is 2.27. The Bertz CT molecular complexity index is 1960. The number of allylic oxidation sites excluding steroid dienone is 26. The molecule has 9 nitrogen and oxygen atoms in total. The van der Waals surface area contributed by atoms with Crippen LogP contribution in [0.15, 0.2) is 158 Å².